The maximum absolute atomic E-state index is 12.2. The quantitative estimate of drug-likeness (QED) is 0.473. The SMILES string of the molecule is C[C@H]1CC1[C@@H](C)Nc1cc(-c2nnc([C@](C)(N)Cc3ccccc3)o2)cc(N(C)S(C)(=O)=O)n1. The third-order valence-corrected chi connectivity index (χ3v) is 7.58. The maximum Gasteiger partial charge on any atom is 0.248 e. The number of pyridine rings is 1. The van der Waals surface area contributed by atoms with Crippen molar-refractivity contribution in [1.29, 1.82) is 0 Å². The molecule has 182 valence electrons. The summed E-state index contributed by atoms with van der Waals surface area (Å²) in [4.78, 5) is 4.53. The van der Waals surface area contributed by atoms with Gasteiger partial charge in [-0.25, -0.2) is 13.4 Å². The highest BCUT2D eigenvalue weighted by Crippen LogP contribution is 2.41. The Hall–Kier alpha value is -2.98. The zero-order valence-corrected chi connectivity index (χ0v) is 21.0. The first kappa shape index (κ1) is 24.2. The van der Waals surface area contributed by atoms with Crippen LogP contribution in [-0.2, 0) is 22.0 Å². The molecule has 4 atom stereocenters. The van der Waals surface area contributed by atoms with E-state index in [0.29, 0.717) is 35.5 Å². The first-order valence-electron chi connectivity index (χ1n) is 11.3. The van der Waals surface area contributed by atoms with E-state index < -0.39 is 15.6 Å². The molecule has 9 nitrogen and oxygen atoms in total. The minimum atomic E-state index is -3.51. The van der Waals surface area contributed by atoms with E-state index in [2.05, 4.69) is 34.3 Å². The number of nitrogens with zero attached hydrogens (tertiary/aromatic N) is 4. The Morgan fingerprint density at radius 3 is 2.56 bits per heavy atom. The second-order valence-electron chi connectivity index (χ2n) is 9.63. The van der Waals surface area contributed by atoms with E-state index in [-0.39, 0.29) is 17.8 Å². The Kier molecular flexibility index (Phi) is 6.39. The summed E-state index contributed by atoms with van der Waals surface area (Å²) >= 11 is 0. The lowest BCUT2D eigenvalue weighted by atomic mass is 9.94. The van der Waals surface area contributed by atoms with Crippen LogP contribution in [0.2, 0.25) is 0 Å². The van der Waals surface area contributed by atoms with Crippen LogP contribution in [-0.4, -0.2) is 42.9 Å². The van der Waals surface area contributed by atoms with Gasteiger partial charge in [-0.2, -0.15) is 0 Å². The van der Waals surface area contributed by atoms with Gasteiger partial charge in [0.1, 0.15) is 11.6 Å². The lowest BCUT2D eigenvalue weighted by Crippen LogP contribution is -2.35. The van der Waals surface area contributed by atoms with Gasteiger partial charge in [-0.05, 0) is 56.2 Å². The van der Waals surface area contributed by atoms with Crippen molar-refractivity contribution in [3.8, 4) is 11.5 Å². The van der Waals surface area contributed by atoms with E-state index in [0.717, 1.165) is 22.5 Å². The highest BCUT2D eigenvalue weighted by Gasteiger charge is 2.37. The molecule has 2 heterocycles. The molecule has 0 saturated heterocycles. The third kappa shape index (κ3) is 5.39. The monoisotopic (exact) mass is 484 g/mol. The second kappa shape index (κ2) is 8.99. The molecule has 34 heavy (non-hydrogen) atoms. The molecular formula is C24H32N6O3S. The van der Waals surface area contributed by atoms with Gasteiger partial charge in [0.15, 0.2) is 0 Å². The van der Waals surface area contributed by atoms with Crippen molar-refractivity contribution in [2.75, 3.05) is 22.9 Å². The molecule has 4 rings (SSSR count). The Morgan fingerprint density at radius 2 is 1.94 bits per heavy atom. The molecule has 0 amide bonds. The van der Waals surface area contributed by atoms with Crippen molar-refractivity contribution in [1.82, 2.24) is 15.2 Å². The fourth-order valence-corrected chi connectivity index (χ4v) is 4.53. The Labute approximate surface area is 200 Å². The number of nitrogens with two attached hydrogens (primary N) is 1. The van der Waals surface area contributed by atoms with Crippen LogP contribution in [0.5, 0.6) is 0 Å². The standard InChI is InChI=1S/C24H32N6O3S/c1-15-11-19(15)16(2)26-20-12-18(13-21(27-20)30(4)34(5,31)32)22-28-29-23(33-22)24(3,25)14-17-9-7-6-8-10-17/h6-10,12-13,15-16,19H,11,14,25H2,1-5H3,(H,26,27)/t15-,16+,19?,24+/m0/s1. The van der Waals surface area contributed by atoms with Gasteiger partial charge in [0.25, 0.3) is 0 Å². The number of sulfonamides is 1. The van der Waals surface area contributed by atoms with E-state index in [1.807, 2.05) is 37.3 Å². The smallest absolute Gasteiger partial charge is 0.248 e. The van der Waals surface area contributed by atoms with Crippen LogP contribution in [0.1, 0.15) is 38.6 Å². The first-order chi connectivity index (χ1) is 15.9. The lowest BCUT2D eigenvalue weighted by Gasteiger charge is -2.20. The fraction of sp³-hybridized carbons (Fsp3) is 0.458. The summed E-state index contributed by atoms with van der Waals surface area (Å²) < 4.78 is 31.5. The summed E-state index contributed by atoms with van der Waals surface area (Å²) in [5.74, 6) is 2.59. The summed E-state index contributed by atoms with van der Waals surface area (Å²) in [5, 5.41) is 11.8. The predicted octanol–water partition coefficient (Wildman–Crippen LogP) is 3.40. The maximum atomic E-state index is 12.2. The van der Waals surface area contributed by atoms with Crippen LogP contribution < -0.4 is 15.4 Å². The second-order valence-corrected chi connectivity index (χ2v) is 11.6. The zero-order chi connectivity index (χ0) is 24.7. The van der Waals surface area contributed by atoms with Crippen molar-refractivity contribution in [3.63, 3.8) is 0 Å². The van der Waals surface area contributed by atoms with Crippen LogP contribution in [0.4, 0.5) is 11.6 Å². The highest BCUT2D eigenvalue weighted by atomic mass is 32.2. The van der Waals surface area contributed by atoms with Gasteiger partial charge in [-0.15, -0.1) is 10.2 Å². The summed E-state index contributed by atoms with van der Waals surface area (Å²) in [6.07, 6.45) is 2.82. The molecule has 1 unspecified atom stereocenters. The van der Waals surface area contributed by atoms with Crippen LogP contribution in [0.3, 0.4) is 0 Å². The molecule has 3 N–H and O–H groups in total. The summed E-state index contributed by atoms with van der Waals surface area (Å²) in [6.45, 7) is 6.17. The summed E-state index contributed by atoms with van der Waals surface area (Å²) in [6, 6.07) is 13.5. The lowest BCUT2D eigenvalue weighted by molar-refractivity contribution is 0.355. The topological polar surface area (TPSA) is 127 Å². The van der Waals surface area contributed by atoms with Crippen molar-refractivity contribution < 1.29 is 12.8 Å². The summed E-state index contributed by atoms with van der Waals surface area (Å²) in [5.41, 5.74) is 7.29. The molecule has 0 bridgehead atoms. The van der Waals surface area contributed by atoms with E-state index in [9.17, 15) is 8.42 Å². The van der Waals surface area contributed by atoms with E-state index in [1.165, 1.54) is 7.05 Å². The number of hydrogen-bond acceptors (Lipinski definition) is 8. The normalized spacial score (nSPS) is 20.4. The molecule has 0 aliphatic heterocycles. The van der Waals surface area contributed by atoms with Crippen LogP contribution in [0.25, 0.3) is 11.5 Å². The average Bonchev–Trinajstić information content (AvgIpc) is 3.29. The minimum Gasteiger partial charge on any atom is -0.419 e. The van der Waals surface area contributed by atoms with E-state index >= 15 is 0 Å². The zero-order valence-electron chi connectivity index (χ0n) is 20.2. The average molecular weight is 485 g/mol. The number of hydrogen-bond donors (Lipinski definition) is 2. The van der Waals surface area contributed by atoms with E-state index in [1.54, 1.807) is 12.1 Å². The van der Waals surface area contributed by atoms with Crippen LogP contribution in [0, 0.1) is 11.8 Å². The Balaban J connectivity index is 1.66. The fourth-order valence-electron chi connectivity index (χ4n) is 4.10. The van der Waals surface area contributed by atoms with Gasteiger partial charge in [0.05, 0.1) is 11.8 Å². The number of aromatic nitrogens is 3. The third-order valence-electron chi connectivity index (χ3n) is 6.40. The molecule has 1 saturated carbocycles. The van der Waals surface area contributed by atoms with Gasteiger partial charge in [0.2, 0.25) is 21.8 Å². The Morgan fingerprint density at radius 1 is 1.26 bits per heavy atom. The van der Waals surface area contributed by atoms with Gasteiger partial charge >= 0.3 is 0 Å². The van der Waals surface area contributed by atoms with Gasteiger partial charge < -0.3 is 15.5 Å². The van der Waals surface area contributed by atoms with Crippen LogP contribution in [0.15, 0.2) is 46.9 Å². The van der Waals surface area contributed by atoms with Crippen molar-refractivity contribution in [2.24, 2.45) is 17.6 Å². The molecule has 3 aromatic rings. The molecule has 0 radical (unpaired) electrons. The minimum absolute atomic E-state index is 0.200. The summed E-state index contributed by atoms with van der Waals surface area (Å²) in [7, 11) is -2.04. The van der Waals surface area contributed by atoms with Gasteiger partial charge in [0, 0.05) is 18.7 Å². The number of rotatable bonds is 9. The highest BCUT2D eigenvalue weighted by molar-refractivity contribution is 7.92. The molecule has 1 aliphatic carbocycles. The molecule has 1 fully saturated rings. The van der Waals surface area contributed by atoms with Crippen LogP contribution >= 0.6 is 0 Å². The number of benzene rings is 1. The van der Waals surface area contributed by atoms with Gasteiger partial charge in [-0.3, -0.25) is 4.31 Å². The molecule has 10 heteroatoms. The largest absolute Gasteiger partial charge is 0.419 e. The van der Waals surface area contributed by atoms with Crippen molar-refractivity contribution in [3.05, 3.63) is 53.9 Å². The molecule has 0 spiro atoms. The van der Waals surface area contributed by atoms with Gasteiger partial charge in [-0.1, -0.05) is 37.3 Å². The molecule has 2 aromatic heterocycles. The predicted molar refractivity (Wildman–Crippen MR) is 133 cm³/mol. The Bertz CT molecular complexity index is 1260. The first-order valence-corrected chi connectivity index (χ1v) is 13.2. The molecule has 1 aliphatic rings. The number of nitrogens with one attached hydrogen (secondary N) is 1. The number of anilines is 2. The molecular weight excluding hydrogens is 452 g/mol. The van der Waals surface area contributed by atoms with Crippen molar-refractivity contribution in [2.45, 2.75) is 45.2 Å². The van der Waals surface area contributed by atoms with Crippen molar-refractivity contribution >= 4 is 21.7 Å². The molecule has 1 aromatic carbocycles. The van der Waals surface area contributed by atoms with E-state index in [4.69, 9.17) is 10.2 Å².